The normalized spacial score (nSPS) is 10.2. The van der Waals surface area contributed by atoms with Gasteiger partial charge >= 0.3 is 0 Å². The van der Waals surface area contributed by atoms with E-state index in [0.717, 1.165) is 0 Å². The minimum Gasteiger partial charge on any atom is -0.497 e. The van der Waals surface area contributed by atoms with E-state index in [2.05, 4.69) is 0 Å². The minimum atomic E-state index is -0.400. The molecule has 0 spiro atoms. The van der Waals surface area contributed by atoms with Crippen LogP contribution in [0.1, 0.15) is 17.3 Å². The van der Waals surface area contributed by atoms with E-state index in [1.807, 2.05) is 0 Å². The number of hydrogen-bond donors (Lipinski definition) is 0. The van der Waals surface area contributed by atoms with Gasteiger partial charge in [0.2, 0.25) is 0 Å². The van der Waals surface area contributed by atoms with Crippen molar-refractivity contribution in [3.8, 4) is 22.6 Å². The highest BCUT2D eigenvalue weighted by Crippen LogP contribution is 2.35. The third-order valence-corrected chi connectivity index (χ3v) is 3.06. The molecule has 3 nitrogen and oxygen atoms in total. The Morgan fingerprint density at radius 3 is 2.35 bits per heavy atom. The average Bonchev–Trinajstić information content (AvgIpc) is 2.46. The number of Topliss-reactive ketones (excluding diaryl/α,β-unsaturated/α-hetero) is 1. The monoisotopic (exact) mass is 274 g/mol. The van der Waals surface area contributed by atoms with Crippen molar-refractivity contribution in [2.75, 3.05) is 14.2 Å². The Hall–Kier alpha value is -2.36. The summed E-state index contributed by atoms with van der Waals surface area (Å²) in [5.41, 5.74) is 1.62. The Kier molecular flexibility index (Phi) is 4.03. The first-order chi connectivity index (χ1) is 9.56. The number of methoxy groups -OCH3 is 2. The molecule has 0 atom stereocenters. The predicted octanol–water partition coefficient (Wildman–Crippen LogP) is 3.71. The Bertz CT molecular complexity index is 650. The zero-order valence-electron chi connectivity index (χ0n) is 11.6. The lowest BCUT2D eigenvalue weighted by Gasteiger charge is -2.13. The van der Waals surface area contributed by atoms with Gasteiger partial charge in [0.15, 0.2) is 5.78 Å². The van der Waals surface area contributed by atoms with Crippen LogP contribution in [0.5, 0.6) is 11.5 Å². The number of hydrogen-bond acceptors (Lipinski definition) is 3. The van der Waals surface area contributed by atoms with E-state index in [1.54, 1.807) is 25.3 Å². The molecule has 0 heterocycles. The van der Waals surface area contributed by atoms with Crippen molar-refractivity contribution in [1.82, 2.24) is 0 Å². The van der Waals surface area contributed by atoms with Crippen molar-refractivity contribution >= 4 is 5.78 Å². The van der Waals surface area contributed by atoms with Crippen molar-refractivity contribution in [3.05, 3.63) is 47.8 Å². The van der Waals surface area contributed by atoms with Gasteiger partial charge in [-0.1, -0.05) is 0 Å². The van der Waals surface area contributed by atoms with Crippen LogP contribution in [0.3, 0.4) is 0 Å². The second-order valence-electron chi connectivity index (χ2n) is 4.31. The largest absolute Gasteiger partial charge is 0.497 e. The Balaban J connectivity index is 2.67. The van der Waals surface area contributed by atoms with Crippen LogP contribution in [-0.2, 0) is 0 Å². The molecule has 4 heteroatoms. The topological polar surface area (TPSA) is 35.5 Å². The fourth-order valence-electron chi connectivity index (χ4n) is 2.07. The lowest BCUT2D eigenvalue weighted by atomic mass is 9.96. The van der Waals surface area contributed by atoms with Crippen LogP contribution in [0.2, 0.25) is 0 Å². The van der Waals surface area contributed by atoms with Crippen LogP contribution in [0, 0.1) is 5.82 Å². The first-order valence-electron chi connectivity index (χ1n) is 6.09. The third-order valence-electron chi connectivity index (χ3n) is 3.06. The van der Waals surface area contributed by atoms with Crippen LogP contribution in [0.15, 0.2) is 36.4 Å². The molecule has 0 saturated heterocycles. The number of benzene rings is 2. The Labute approximate surface area is 117 Å². The third kappa shape index (κ3) is 2.64. The summed E-state index contributed by atoms with van der Waals surface area (Å²) < 4.78 is 23.9. The summed E-state index contributed by atoms with van der Waals surface area (Å²) in [6.07, 6.45) is 0. The van der Waals surface area contributed by atoms with Gasteiger partial charge in [-0.2, -0.15) is 0 Å². The molecule has 2 rings (SSSR count). The predicted molar refractivity (Wildman–Crippen MR) is 74.9 cm³/mol. The van der Waals surface area contributed by atoms with E-state index in [0.29, 0.717) is 28.2 Å². The van der Waals surface area contributed by atoms with Crippen LogP contribution in [0.25, 0.3) is 11.1 Å². The fraction of sp³-hybridized carbons (Fsp3) is 0.188. The number of carbonyl (C=O) groups excluding carboxylic acids is 1. The van der Waals surface area contributed by atoms with Crippen LogP contribution in [-0.4, -0.2) is 20.0 Å². The first-order valence-corrected chi connectivity index (χ1v) is 6.09. The molecular formula is C16H15FO3. The van der Waals surface area contributed by atoms with E-state index >= 15 is 0 Å². The number of ketones is 1. The Morgan fingerprint density at radius 2 is 1.75 bits per heavy atom. The standard InChI is InChI=1S/C16H15FO3/c1-10(18)13-6-4-11(17)8-15(13)14-7-5-12(19-2)9-16(14)20-3/h4-9H,1-3H3. The van der Waals surface area contributed by atoms with Crippen molar-refractivity contribution in [1.29, 1.82) is 0 Å². The second-order valence-corrected chi connectivity index (χ2v) is 4.31. The maximum atomic E-state index is 13.5. The summed E-state index contributed by atoms with van der Waals surface area (Å²) >= 11 is 0. The van der Waals surface area contributed by atoms with Gasteiger partial charge in [-0.05, 0) is 42.8 Å². The molecule has 0 unspecified atom stereocenters. The van der Waals surface area contributed by atoms with Crippen LogP contribution >= 0.6 is 0 Å². The van der Waals surface area contributed by atoms with Crippen molar-refractivity contribution in [2.24, 2.45) is 0 Å². The molecular weight excluding hydrogens is 259 g/mol. The molecule has 0 saturated carbocycles. The van der Waals surface area contributed by atoms with E-state index in [4.69, 9.17) is 9.47 Å². The molecule has 0 N–H and O–H groups in total. The van der Waals surface area contributed by atoms with E-state index in [-0.39, 0.29) is 5.78 Å². The lowest BCUT2D eigenvalue weighted by molar-refractivity contribution is 0.101. The highest BCUT2D eigenvalue weighted by atomic mass is 19.1. The molecule has 0 radical (unpaired) electrons. The van der Waals surface area contributed by atoms with Gasteiger partial charge in [0.05, 0.1) is 14.2 Å². The number of ether oxygens (including phenoxy) is 2. The van der Waals surface area contributed by atoms with Gasteiger partial charge in [0, 0.05) is 17.2 Å². The summed E-state index contributed by atoms with van der Waals surface area (Å²) in [4.78, 5) is 11.7. The molecule has 0 amide bonds. The summed E-state index contributed by atoms with van der Waals surface area (Å²) in [5.74, 6) is 0.629. The Morgan fingerprint density at radius 1 is 1.00 bits per heavy atom. The van der Waals surface area contributed by atoms with Gasteiger partial charge in [0.1, 0.15) is 17.3 Å². The molecule has 0 bridgehead atoms. The van der Waals surface area contributed by atoms with Gasteiger partial charge in [0.25, 0.3) is 0 Å². The van der Waals surface area contributed by atoms with Gasteiger partial charge in [-0.3, -0.25) is 4.79 Å². The molecule has 2 aromatic carbocycles. The van der Waals surface area contributed by atoms with Gasteiger partial charge in [-0.25, -0.2) is 4.39 Å². The summed E-state index contributed by atoms with van der Waals surface area (Å²) in [5, 5.41) is 0. The molecule has 0 aromatic heterocycles. The minimum absolute atomic E-state index is 0.127. The summed E-state index contributed by atoms with van der Waals surface area (Å²) in [6, 6.07) is 9.28. The maximum Gasteiger partial charge on any atom is 0.160 e. The molecule has 2 aromatic rings. The highest BCUT2D eigenvalue weighted by Gasteiger charge is 2.15. The number of rotatable bonds is 4. The first kappa shape index (κ1) is 14.1. The van der Waals surface area contributed by atoms with Crippen LogP contribution < -0.4 is 9.47 Å². The average molecular weight is 274 g/mol. The van der Waals surface area contributed by atoms with E-state index in [1.165, 1.54) is 32.2 Å². The SMILES string of the molecule is COc1ccc(-c2cc(F)ccc2C(C)=O)c(OC)c1. The number of carbonyl (C=O) groups is 1. The maximum absolute atomic E-state index is 13.5. The van der Waals surface area contributed by atoms with Crippen molar-refractivity contribution in [2.45, 2.75) is 6.92 Å². The fourth-order valence-corrected chi connectivity index (χ4v) is 2.07. The highest BCUT2D eigenvalue weighted by molar-refractivity contribution is 6.01. The molecule has 0 fully saturated rings. The zero-order valence-corrected chi connectivity index (χ0v) is 11.6. The second kappa shape index (κ2) is 5.74. The van der Waals surface area contributed by atoms with Crippen molar-refractivity contribution in [3.63, 3.8) is 0 Å². The molecule has 0 aliphatic carbocycles. The molecule has 0 aliphatic rings. The van der Waals surface area contributed by atoms with E-state index in [9.17, 15) is 9.18 Å². The van der Waals surface area contributed by atoms with Crippen LogP contribution in [0.4, 0.5) is 4.39 Å². The molecule has 20 heavy (non-hydrogen) atoms. The molecule has 0 aliphatic heterocycles. The lowest BCUT2D eigenvalue weighted by Crippen LogP contribution is -1.99. The van der Waals surface area contributed by atoms with Gasteiger partial charge < -0.3 is 9.47 Å². The summed E-state index contributed by atoms with van der Waals surface area (Å²) in [7, 11) is 3.07. The van der Waals surface area contributed by atoms with Crippen molar-refractivity contribution < 1.29 is 18.7 Å². The van der Waals surface area contributed by atoms with E-state index < -0.39 is 5.82 Å². The zero-order chi connectivity index (χ0) is 14.7. The smallest absolute Gasteiger partial charge is 0.160 e. The quantitative estimate of drug-likeness (QED) is 0.797. The number of halogens is 1. The van der Waals surface area contributed by atoms with Gasteiger partial charge in [-0.15, -0.1) is 0 Å². The molecule has 104 valence electrons. The summed E-state index contributed by atoms with van der Waals surface area (Å²) in [6.45, 7) is 1.45.